The molecule has 124 valence electrons. The van der Waals surface area contributed by atoms with Crippen molar-refractivity contribution in [1.29, 1.82) is 0 Å². The van der Waals surface area contributed by atoms with E-state index in [4.69, 9.17) is 14.0 Å². The molecule has 3 N–H and O–H groups in total. The first-order valence-corrected chi connectivity index (χ1v) is 7.66. The lowest BCUT2D eigenvalue weighted by molar-refractivity contribution is 0.00578. The van der Waals surface area contributed by atoms with Crippen LogP contribution in [0.3, 0.4) is 0 Å². The minimum Gasteiger partial charge on any atom is -0.478 e. The summed E-state index contributed by atoms with van der Waals surface area (Å²) in [6, 6.07) is 3.83. The predicted molar refractivity (Wildman–Crippen MR) is 89.9 cm³/mol. The third kappa shape index (κ3) is 4.21. The molecule has 22 heavy (non-hydrogen) atoms. The Morgan fingerprint density at radius 2 is 1.73 bits per heavy atom. The van der Waals surface area contributed by atoms with Crippen molar-refractivity contribution in [1.82, 2.24) is 11.1 Å². The molecule has 2 rings (SSSR count). The van der Waals surface area contributed by atoms with Gasteiger partial charge in [-0.1, -0.05) is 19.9 Å². The molecule has 0 atom stereocenters. The SMILES string of the molecule is CC(C)CCOc1ccc(B2OC(C)(C)C(C)(C)O2)cn1.N. The van der Waals surface area contributed by atoms with Gasteiger partial charge in [0.25, 0.3) is 0 Å². The quantitative estimate of drug-likeness (QED) is 0.846. The summed E-state index contributed by atoms with van der Waals surface area (Å²) >= 11 is 0. The fraction of sp³-hybridized carbons (Fsp3) is 0.688. The van der Waals surface area contributed by atoms with E-state index in [0.29, 0.717) is 18.4 Å². The summed E-state index contributed by atoms with van der Waals surface area (Å²) in [4.78, 5) is 4.33. The zero-order valence-electron chi connectivity index (χ0n) is 14.7. The molecule has 1 aromatic rings. The molecule has 5 nitrogen and oxygen atoms in total. The van der Waals surface area contributed by atoms with Crippen LogP contribution < -0.4 is 16.4 Å². The van der Waals surface area contributed by atoms with Crippen LogP contribution in [-0.2, 0) is 9.31 Å². The second kappa shape index (κ2) is 6.98. The van der Waals surface area contributed by atoms with Crippen molar-refractivity contribution < 1.29 is 14.0 Å². The number of pyridine rings is 1. The Morgan fingerprint density at radius 1 is 1.14 bits per heavy atom. The number of hydrogen-bond acceptors (Lipinski definition) is 5. The summed E-state index contributed by atoms with van der Waals surface area (Å²) in [6.07, 6.45) is 2.80. The van der Waals surface area contributed by atoms with E-state index in [1.54, 1.807) is 6.20 Å². The van der Waals surface area contributed by atoms with Crippen molar-refractivity contribution in [3.63, 3.8) is 0 Å². The predicted octanol–water partition coefficient (Wildman–Crippen LogP) is 2.97. The smallest absolute Gasteiger partial charge is 0.478 e. The average molecular weight is 308 g/mol. The van der Waals surface area contributed by atoms with E-state index < -0.39 is 0 Å². The zero-order valence-corrected chi connectivity index (χ0v) is 14.7. The van der Waals surface area contributed by atoms with Gasteiger partial charge in [0.2, 0.25) is 5.88 Å². The van der Waals surface area contributed by atoms with E-state index in [2.05, 4.69) is 18.8 Å². The third-order valence-electron chi connectivity index (χ3n) is 4.23. The molecule has 0 aliphatic carbocycles. The average Bonchev–Trinajstić information content (AvgIpc) is 2.59. The minimum absolute atomic E-state index is 0. The van der Waals surface area contributed by atoms with Gasteiger partial charge < -0.3 is 20.2 Å². The van der Waals surface area contributed by atoms with Gasteiger partial charge in [0.1, 0.15) is 0 Å². The van der Waals surface area contributed by atoms with Gasteiger partial charge >= 0.3 is 7.12 Å². The Kier molecular flexibility index (Phi) is 6.01. The van der Waals surface area contributed by atoms with Crippen LogP contribution >= 0.6 is 0 Å². The zero-order chi connectivity index (χ0) is 15.7. The summed E-state index contributed by atoms with van der Waals surface area (Å²) in [5, 5.41) is 0. The molecule has 0 saturated carbocycles. The van der Waals surface area contributed by atoms with Gasteiger partial charge in [-0.15, -0.1) is 0 Å². The Hall–Kier alpha value is -1.11. The Labute approximate surface area is 134 Å². The standard InChI is InChI=1S/C16H26BNO3.H3N/c1-12(2)9-10-19-14-8-7-13(11-18-14)17-20-15(3,4)16(5,6)21-17;/h7-8,11-12H,9-10H2,1-6H3;1H3. The van der Waals surface area contributed by atoms with Gasteiger partial charge in [0, 0.05) is 11.7 Å². The number of hydrogen-bond donors (Lipinski definition) is 1. The van der Waals surface area contributed by atoms with Crippen molar-refractivity contribution in [3.8, 4) is 5.88 Å². The molecule has 1 aromatic heterocycles. The Balaban J connectivity index is 0.00000242. The van der Waals surface area contributed by atoms with E-state index in [0.717, 1.165) is 11.9 Å². The molecular formula is C16H29BN2O3. The highest BCUT2D eigenvalue weighted by atomic mass is 16.7. The second-order valence-electron chi connectivity index (χ2n) is 7.05. The van der Waals surface area contributed by atoms with Gasteiger partial charge in [0.05, 0.1) is 17.8 Å². The monoisotopic (exact) mass is 308 g/mol. The molecule has 0 unspecified atom stereocenters. The molecule has 2 heterocycles. The number of nitrogens with zero attached hydrogens (tertiary/aromatic N) is 1. The van der Waals surface area contributed by atoms with Gasteiger partial charge in [-0.05, 0) is 46.1 Å². The summed E-state index contributed by atoms with van der Waals surface area (Å²) in [5.41, 5.74) is 0.263. The van der Waals surface area contributed by atoms with Crippen LogP contribution in [0.5, 0.6) is 5.88 Å². The highest BCUT2D eigenvalue weighted by Gasteiger charge is 2.51. The van der Waals surface area contributed by atoms with Gasteiger partial charge in [-0.2, -0.15) is 0 Å². The number of ether oxygens (including phenoxy) is 1. The molecule has 0 bridgehead atoms. The van der Waals surface area contributed by atoms with Crippen LogP contribution in [0.4, 0.5) is 0 Å². The van der Waals surface area contributed by atoms with Crippen molar-refractivity contribution >= 4 is 12.6 Å². The first kappa shape index (κ1) is 18.9. The molecule has 0 radical (unpaired) electrons. The van der Waals surface area contributed by atoms with Crippen LogP contribution in [0.15, 0.2) is 18.3 Å². The molecule has 0 spiro atoms. The van der Waals surface area contributed by atoms with E-state index in [1.165, 1.54) is 0 Å². The lowest BCUT2D eigenvalue weighted by Crippen LogP contribution is -2.41. The van der Waals surface area contributed by atoms with Crippen LogP contribution in [-0.4, -0.2) is 29.9 Å². The van der Waals surface area contributed by atoms with Gasteiger partial charge in [-0.25, -0.2) is 4.98 Å². The molecule has 1 saturated heterocycles. The topological polar surface area (TPSA) is 75.6 Å². The molecule has 0 amide bonds. The van der Waals surface area contributed by atoms with Crippen LogP contribution in [0, 0.1) is 5.92 Å². The van der Waals surface area contributed by atoms with Crippen molar-refractivity contribution in [3.05, 3.63) is 18.3 Å². The molecule has 1 aliphatic rings. The van der Waals surface area contributed by atoms with Crippen LogP contribution in [0.25, 0.3) is 0 Å². The van der Waals surface area contributed by atoms with Gasteiger partial charge in [0.15, 0.2) is 0 Å². The van der Waals surface area contributed by atoms with Gasteiger partial charge in [-0.3, -0.25) is 0 Å². The fourth-order valence-corrected chi connectivity index (χ4v) is 1.99. The van der Waals surface area contributed by atoms with Crippen molar-refractivity contribution in [2.45, 2.75) is 59.2 Å². The molecule has 1 fully saturated rings. The lowest BCUT2D eigenvalue weighted by Gasteiger charge is -2.32. The largest absolute Gasteiger partial charge is 0.496 e. The molecule has 0 aromatic carbocycles. The summed E-state index contributed by atoms with van der Waals surface area (Å²) in [6.45, 7) is 13.2. The molecular weight excluding hydrogens is 279 g/mol. The normalized spacial score (nSPS) is 19.1. The van der Waals surface area contributed by atoms with E-state index >= 15 is 0 Å². The maximum atomic E-state index is 6.00. The maximum Gasteiger partial charge on any atom is 0.496 e. The highest BCUT2D eigenvalue weighted by molar-refractivity contribution is 6.62. The minimum atomic E-state index is -0.368. The van der Waals surface area contributed by atoms with Crippen LogP contribution in [0.2, 0.25) is 0 Å². The maximum absolute atomic E-state index is 6.00. The van der Waals surface area contributed by atoms with Crippen molar-refractivity contribution in [2.24, 2.45) is 5.92 Å². The summed E-state index contributed by atoms with van der Waals surface area (Å²) < 4.78 is 17.6. The van der Waals surface area contributed by atoms with Crippen molar-refractivity contribution in [2.75, 3.05) is 6.61 Å². The van der Waals surface area contributed by atoms with Crippen LogP contribution in [0.1, 0.15) is 48.0 Å². The van der Waals surface area contributed by atoms with E-state index in [9.17, 15) is 0 Å². The van der Waals surface area contributed by atoms with E-state index in [-0.39, 0.29) is 24.5 Å². The number of aromatic nitrogens is 1. The Bertz CT molecular complexity index is 459. The highest BCUT2D eigenvalue weighted by Crippen LogP contribution is 2.36. The molecule has 1 aliphatic heterocycles. The summed E-state index contributed by atoms with van der Waals surface area (Å²) in [7, 11) is -0.368. The summed E-state index contributed by atoms with van der Waals surface area (Å²) in [5.74, 6) is 1.28. The lowest BCUT2D eigenvalue weighted by atomic mass is 9.80. The van der Waals surface area contributed by atoms with E-state index in [1.807, 2.05) is 39.8 Å². The fourth-order valence-electron chi connectivity index (χ4n) is 1.99. The molecule has 6 heteroatoms. The Morgan fingerprint density at radius 3 is 2.18 bits per heavy atom. The number of rotatable bonds is 5. The first-order chi connectivity index (χ1) is 9.71. The third-order valence-corrected chi connectivity index (χ3v) is 4.23. The first-order valence-electron chi connectivity index (χ1n) is 7.66. The second-order valence-corrected chi connectivity index (χ2v) is 7.05.